The highest BCUT2D eigenvalue weighted by Gasteiger charge is 2.11. The van der Waals surface area contributed by atoms with Gasteiger partial charge in [-0.25, -0.2) is 0 Å². The number of anilines is 1. The van der Waals surface area contributed by atoms with Gasteiger partial charge in [0.05, 0.1) is 12.7 Å². The molecule has 0 heterocycles. The third-order valence-corrected chi connectivity index (χ3v) is 3.28. The van der Waals surface area contributed by atoms with Crippen molar-refractivity contribution in [1.29, 1.82) is 0 Å². The number of halogens is 1. The van der Waals surface area contributed by atoms with Crippen molar-refractivity contribution >= 4 is 40.5 Å². The van der Waals surface area contributed by atoms with E-state index in [0.717, 1.165) is 11.4 Å². The van der Waals surface area contributed by atoms with Crippen LogP contribution in [0.25, 0.3) is 0 Å². The lowest BCUT2D eigenvalue weighted by molar-refractivity contribution is 0.0941. The van der Waals surface area contributed by atoms with Crippen LogP contribution in [0.5, 0.6) is 11.5 Å². The topological polar surface area (TPSA) is 82.6 Å². The van der Waals surface area contributed by atoms with Crippen LogP contribution in [-0.4, -0.2) is 23.2 Å². The number of carbonyl (C=O) groups is 1. The van der Waals surface area contributed by atoms with Gasteiger partial charge >= 0.3 is 0 Å². The molecule has 0 unspecified atom stereocenters. The average Bonchev–Trinajstić information content (AvgIpc) is 2.53. The number of thiocarbonyl (C=S) groups is 1. The molecule has 0 bridgehead atoms. The first-order valence-electron chi connectivity index (χ1n) is 6.49. The second-order valence-electron chi connectivity index (χ2n) is 4.42. The summed E-state index contributed by atoms with van der Waals surface area (Å²) in [4.78, 5) is 11.9. The molecule has 0 aliphatic rings. The van der Waals surface area contributed by atoms with Crippen molar-refractivity contribution in [2.45, 2.75) is 0 Å². The number of benzene rings is 2. The fourth-order valence-electron chi connectivity index (χ4n) is 1.71. The van der Waals surface area contributed by atoms with Crippen LogP contribution < -0.4 is 20.9 Å². The predicted octanol–water partition coefficient (Wildman–Crippen LogP) is 2.69. The molecular formula is C15H14ClN3O3S. The summed E-state index contributed by atoms with van der Waals surface area (Å²) < 4.78 is 5.06. The number of ether oxygens (including phenoxy) is 1. The summed E-state index contributed by atoms with van der Waals surface area (Å²) in [5.74, 6) is -0.0372. The van der Waals surface area contributed by atoms with Crippen molar-refractivity contribution < 1.29 is 14.6 Å². The zero-order chi connectivity index (χ0) is 16.8. The van der Waals surface area contributed by atoms with Gasteiger partial charge in [0.1, 0.15) is 11.5 Å². The Morgan fingerprint density at radius 1 is 1.17 bits per heavy atom. The smallest absolute Gasteiger partial charge is 0.273 e. The van der Waals surface area contributed by atoms with E-state index >= 15 is 0 Å². The zero-order valence-electron chi connectivity index (χ0n) is 12.1. The first kappa shape index (κ1) is 16.9. The van der Waals surface area contributed by atoms with Gasteiger partial charge in [0.15, 0.2) is 5.11 Å². The van der Waals surface area contributed by atoms with E-state index in [2.05, 4.69) is 16.2 Å². The first-order valence-corrected chi connectivity index (χ1v) is 7.28. The summed E-state index contributed by atoms with van der Waals surface area (Å²) in [5.41, 5.74) is 5.73. The molecule has 8 heteroatoms. The third-order valence-electron chi connectivity index (χ3n) is 2.84. The van der Waals surface area contributed by atoms with Gasteiger partial charge in [0.2, 0.25) is 0 Å². The van der Waals surface area contributed by atoms with Gasteiger partial charge in [-0.3, -0.25) is 15.6 Å². The summed E-state index contributed by atoms with van der Waals surface area (Å²) in [5, 5.41) is 13.1. The van der Waals surface area contributed by atoms with Crippen LogP contribution in [0.2, 0.25) is 5.02 Å². The molecule has 0 saturated heterocycles. The molecule has 2 rings (SSSR count). The largest absolute Gasteiger partial charge is 0.507 e. The highest BCUT2D eigenvalue weighted by Crippen LogP contribution is 2.21. The molecule has 120 valence electrons. The van der Waals surface area contributed by atoms with E-state index in [9.17, 15) is 9.90 Å². The summed E-state index contributed by atoms with van der Waals surface area (Å²) in [7, 11) is 1.58. The minimum absolute atomic E-state index is 0.0779. The number of rotatable bonds is 3. The number of phenolic OH excluding ortho intramolecular Hbond substituents is 1. The number of hydrogen-bond donors (Lipinski definition) is 4. The molecule has 1 amide bonds. The van der Waals surface area contributed by atoms with E-state index in [1.807, 2.05) is 0 Å². The van der Waals surface area contributed by atoms with Gasteiger partial charge in [-0.1, -0.05) is 11.6 Å². The van der Waals surface area contributed by atoms with Crippen molar-refractivity contribution in [2.24, 2.45) is 0 Å². The Kier molecular flexibility index (Phi) is 5.61. The molecule has 0 fully saturated rings. The molecule has 6 nitrogen and oxygen atoms in total. The van der Waals surface area contributed by atoms with E-state index in [0.29, 0.717) is 5.02 Å². The summed E-state index contributed by atoms with van der Waals surface area (Å²) in [6, 6.07) is 11.3. The van der Waals surface area contributed by atoms with Gasteiger partial charge in [-0.2, -0.15) is 0 Å². The number of hydrazine groups is 1. The maximum absolute atomic E-state index is 11.9. The molecular weight excluding hydrogens is 338 g/mol. The van der Waals surface area contributed by atoms with Crippen LogP contribution >= 0.6 is 23.8 Å². The minimum Gasteiger partial charge on any atom is -0.507 e. The summed E-state index contributed by atoms with van der Waals surface area (Å²) in [6.07, 6.45) is 0. The Bertz CT molecular complexity index is 722. The molecule has 0 spiro atoms. The lowest BCUT2D eigenvalue weighted by atomic mass is 10.2. The highest BCUT2D eigenvalue weighted by atomic mass is 35.5. The number of hydrogen-bond acceptors (Lipinski definition) is 4. The van der Waals surface area contributed by atoms with Crippen LogP contribution in [0.3, 0.4) is 0 Å². The fourth-order valence-corrected chi connectivity index (χ4v) is 2.05. The monoisotopic (exact) mass is 351 g/mol. The molecule has 0 aliphatic heterocycles. The lowest BCUT2D eigenvalue weighted by Gasteiger charge is -2.12. The number of phenols is 1. The second-order valence-corrected chi connectivity index (χ2v) is 5.27. The van der Waals surface area contributed by atoms with Crippen molar-refractivity contribution in [1.82, 2.24) is 10.9 Å². The van der Waals surface area contributed by atoms with E-state index in [1.54, 1.807) is 31.4 Å². The summed E-state index contributed by atoms with van der Waals surface area (Å²) >= 11 is 10.8. The molecule has 0 atom stereocenters. The van der Waals surface area contributed by atoms with Crippen molar-refractivity contribution in [3.63, 3.8) is 0 Å². The molecule has 0 radical (unpaired) electrons. The third kappa shape index (κ3) is 4.73. The molecule has 2 aromatic rings. The SMILES string of the molecule is COc1ccc(NC(=S)NNC(=O)c2ccc(Cl)cc2O)cc1. The molecule has 2 aromatic carbocycles. The molecule has 0 aliphatic carbocycles. The Labute approximate surface area is 143 Å². The summed E-state index contributed by atoms with van der Waals surface area (Å²) in [6.45, 7) is 0. The van der Waals surface area contributed by atoms with E-state index in [4.69, 9.17) is 28.6 Å². The van der Waals surface area contributed by atoms with Crippen LogP contribution in [-0.2, 0) is 0 Å². The van der Waals surface area contributed by atoms with Crippen LogP contribution in [0.15, 0.2) is 42.5 Å². The van der Waals surface area contributed by atoms with E-state index < -0.39 is 5.91 Å². The van der Waals surface area contributed by atoms with E-state index in [1.165, 1.54) is 18.2 Å². The fraction of sp³-hybridized carbons (Fsp3) is 0.0667. The number of amides is 1. The van der Waals surface area contributed by atoms with Gasteiger partial charge in [-0.15, -0.1) is 0 Å². The number of methoxy groups -OCH3 is 1. The maximum Gasteiger partial charge on any atom is 0.273 e. The maximum atomic E-state index is 11.9. The van der Waals surface area contributed by atoms with Crippen molar-refractivity contribution in [3.8, 4) is 11.5 Å². The number of nitrogens with one attached hydrogen (secondary N) is 3. The number of aromatic hydroxyl groups is 1. The van der Waals surface area contributed by atoms with Crippen molar-refractivity contribution in [3.05, 3.63) is 53.1 Å². The van der Waals surface area contributed by atoms with Gasteiger partial charge in [0.25, 0.3) is 5.91 Å². The van der Waals surface area contributed by atoms with Crippen LogP contribution in [0.1, 0.15) is 10.4 Å². The molecule has 0 saturated carbocycles. The normalized spacial score (nSPS) is 9.83. The highest BCUT2D eigenvalue weighted by molar-refractivity contribution is 7.80. The quantitative estimate of drug-likeness (QED) is 0.503. The predicted molar refractivity (Wildman–Crippen MR) is 92.9 cm³/mol. The van der Waals surface area contributed by atoms with Crippen molar-refractivity contribution in [2.75, 3.05) is 12.4 Å². The molecule has 4 N–H and O–H groups in total. The van der Waals surface area contributed by atoms with Gasteiger partial charge in [-0.05, 0) is 54.7 Å². The standard InChI is InChI=1S/C15H14ClN3O3S/c1-22-11-5-3-10(4-6-11)17-15(23)19-18-14(21)12-7-2-9(16)8-13(12)20/h2-8,20H,1H3,(H,18,21)(H2,17,19,23). The number of carbonyl (C=O) groups excluding carboxylic acids is 1. The average molecular weight is 352 g/mol. The Morgan fingerprint density at radius 3 is 2.48 bits per heavy atom. The van der Waals surface area contributed by atoms with Crippen LogP contribution in [0.4, 0.5) is 5.69 Å². The Balaban J connectivity index is 1.89. The second kappa shape index (κ2) is 7.66. The van der Waals surface area contributed by atoms with Gasteiger partial charge < -0.3 is 15.2 Å². The first-order chi connectivity index (χ1) is 11.0. The van der Waals surface area contributed by atoms with Crippen LogP contribution in [0, 0.1) is 0 Å². The zero-order valence-corrected chi connectivity index (χ0v) is 13.7. The molecule has 23 heavy (non-hydrogen) atoms. The Hall–Kier alpha value is -2.51. The van der Waals surface area contributed by atoms with E-state index in [-0.39, 0.29) is 16.4 Å². The minimum atomic E-state index is -0.543. The van der Waals surface area contributed by atoms with Gasteiger partial charge in [0, 0.05) is 10.7 Å². The Morgan fingerprint density at radius 2 is 1.87 bits per heavy atom. The molecule has 0 aromatic heterocycles. The lowest BCUT2D eigenvalue weighted by Crippen LogP contribution is -2.43.